The number of aromatic nitrogens is 3. The van der Waals surface area contributed by atoms with Gasteiger partial charge in [-0.2, -0.15) is 0 Å². The highest BCUT2D eigenvalue weighted by molar-refractivity contribution is 5.94. The first-order valence-electron chi connectivity index (χ1n) is 10.2. The Morgan fingerprint density at radius 1 is 0.970 bits per heavy atom. The molecular weight excluding hydrogens is 437 g/mol. The first-order valence-corrected chi connectivity index (χ1v) is 10.2. The minimum atomic E-state index is -4.81. The summed E-state index contributed by atoms with van der Waals surface area (Å²) >= 11 is 0. The number of piperazine rings is 1. The van der Waals surface area contributed by atoms with E-state index in [0.29, 0.717) is 43.6 Å². The Kier molecular flexibility index (Phi) is 6.29. The molecule has 1 saturated heterocycles. The predicted octanol–water partition coefficient (Wildman–Crippen LogP) is 3.78. The Labute approximate surface area is 188 Å². The number of anilines is 3. The zero-order chi connectivity index (χ0) is 23.4. The van der Waals surface area contributed by atoms with E-state index in [9.17, 15) is 18.0 Å². The lowest BCUT2D eigenvalue weighted by Gasteiger charge is -2.35. The summed E-state index contributed by atoms with van der Waals surface area (Å²) in [5.74, 6) is 1.14. The summed E-state index contributed by atoms with van der Waals surface area (Å²) in [7, 11) is 0. The number of rotatable bonds is 5. The van der Waals surface area contributed by atoms with Gasteiger partial charge >= 0.3 is 6.36 Å². The van der Waals surface area contributed by atoms with Crippen LogP contribution in [0.1, 0.15) is 16.1 Å². The lowest BCUT2D eigenvalue weighted by atomic mass is 10.1. The average molecular weight is 458 g/mol. The SMILES string of the molecule is Cc1cccc(Nc2ccc(N3CCN(C(=O)c4cccc(OC(F)(F)F)c4)CC3)nn2)n1. The van der Waals surface area contributed by atoms with Gasteiger partial charge in [0.25, 0.3) is 5.91 Å². The molecule has 1 aliphatic rings. The van der Waals surface area contributed by atoms with Crippen molar-refractivity contribution in [2.24, 2.45) is 0 Å². The largest absolute Gasteiger partial charge is 0.573 e. The van der Waals surface area contributed by atoms with E-state index in [1.54, 1.807) is 11.0 Å². The number of carbonyl (C=O) groups is 1. The van der Waals surface area contributed by atoms with Crippen molar-refractivity contribution >= 4 is 23.4 Å². The van der Waals surface area contributed by atoms with Crippen LogP contribution in [-0.4, -0.2) is 58.5 Å². The first kappa shape index (κ1) is 22.3. The van der Waals surface area contributed by atoms with Crippen LogP contribution in [-0.2, 0) is 0 Å². The average Bonchev–Trinajstić information content (AvgIpc) is 2.78. The van der Waals surface area contributed by atoms with Crippen molar-refractivity contribution in [3.05, 3.63) is 65.9 Å². The Bertz CT molecular complexity index is 1120. The number of pyridine rings is 1. The van der Waals surface area contributed by atoms with Crippen molar-refractivity contribution in [2.75, 3.05) is 36.4 Å². The Hall–Kier alpha value is -3.89. The minimum absolute atomic E-state index is 0.144. The van der Waals surface area contributed by atoms with E-state index in [1.165, 1.54) is 12.1 Å². The molecule has 172 valence electrons. The van der Waals surface area contributed by atoms with Crippen LogP contribution < -0.4 is 15.0 Å². The van der Waals surface area contributed by atoms with Crippen molar-refractivity contribution in [3.63, 3.8) is 0 Å². The Morgan fingerprint density at radius 3 is 2.39 bits per heavy atom. The molecule has 0 aliphatic carbocycles. The molecule has 1 N–H and O–H groups in total. The standard InChI is InChI=1S/C22H21F3N6O2/c1-15-4-2-7-18(26-15)27-19-8-9-20(29-28-19)30-10-12-31(13-11-30)21(32)16-5-3-6-17(14-16)33-22(23,24)25/h2-9,14H,10-13H2,1H3,(H,26,27,28). The van der Waals surface area contributed by atoms with Gasteiger partial charge in [0, 0.05) is 37.4 Å². The van der Waals surface area contributed by atoms with Crippen LogP contribution in [0.25, 0.3) is 0 Å². The van der Waals surface area contributed by atoms with Crippen LogP contribution in [0.15, 0.2) is 54.6 Å². The second-order valence-electron chi connectivity index (χ2n) is 7.42. The Morgan fingerprint density at radius 2 is 1.73 bits per heavy atom. The number of nitrogens with one attached hydrogen (secondary N) is 1. The van der Waals surface area contributed by atoms with Crippen molar-refractivity contribution in [1.29, 1.82) is 0 Å². The molecule has 1 fully saturated rings. The number of carbonyl (C=O) groups excluding carboxylic acids is 1. The van der Waals surface area contributed by atoms with Gasteiger partial charge in [0.05, 0.1) is 0 Å². The number of aryl methyl sites for hydroxylation is 1. The molecule has 1 amide bonds. The number of hydrogen-bond donors (Lipinski definition) is 1. The number of nitrogens with zero attached hydrogens (tertiary/aromatic N) is 5. The van der Waals surface area contributed by atoms with Gasteiger partial charge in [-0.1, -0.05) is 12.1 Å². The lowest BCUT2D eigenvalue weighted by molar-refractivity contribution is -0.274. The van der Waals surface area contributed by atoms with Gasteiger partial charge in [-0.25, -0.2) is 4.98 Å². The number of halogens is 3. The van der Waals surface area contributed by atoms with Crippen LogP contribution in [0.5, 0.6) is 5.75 Å². The maximum absolute atomic E-state index is 12.7. The molecule has 1 aromatic carbocycles. The highest BCUT2D eigenvalue weighted by atomic mass is 19.4. The molecular formula is C22H21F3N6O2. The van der Waals surface area contributed by atoms with Gasteiger partial charge in [-0.15, -0.1) is 23.4 Å². The van der Waals surface area contributed by atoms with E-state index < -0.39 is 12.1 Å². The van der Waals surface area contributed by atoms with Gasteiger partial charge < -0.3 is 19.9 Å². The zero-order valence-corrected chi connectivity index (χ0v) is 17.7. The van der Waals surface area contributed by atoms with Crippen LogP contribution in [0.4, 0.5) is 30.6 Å². The van der Waals surface area contributed by atoms with Crippen molar-refractivity contribution in [3.8, 4) is 5.75 Å². The number of ether oxygens (including phenoxy) is 1. The molecule has 0 radical (unpaired) electrons. The van der Waals surface area contributed by atoms with Crippen molar-refractivity contribution in [1.82, 2.24) is 20.1 Å². The third-order valence-electron chi connectivity index (χ3n) is 5.00. The molecule has 3 aromatic rings. The monoisotopic (exact) mass is 458 g/mol. The molecule has 0 bridgehead atoms. The summed E-state index contributed by atoms with van der Waals surface area (Å²) in [6.45, 7) is 3.74. The third-order valence-corrected chi connectivity index (χ3v) is 5.00. The van der Waals surface area contributed by atoms with Crippen LogP contribution >= 0.6 is 0 Å². The normalized spacial score (nSPS) is 14.2. The van der Waals surface area contributed by atoms with Crippen molar-refractivity contribution in [2.45, 2.75) is 13.3 Å². The maximum atomic E-state index is 12.7. The maximum Gasteiger partial charge on any atom is 0.573 e. The second-order valence-corrected chi connectivity index (χ2v) is 7.42. The van der Waals surface area contributed by atoms with Gasteiger partial charge in [0.15, 0.2) is 11.6 Å². The summed E-state index contributed by atoms with van der Waals surface area (Å²) in [6, 6.07) is 14.4. The molecule has 1 aliphatic heterocycles. The number of hydrogen-bond acceptors (Lipinski definition) is 7. The number of benzene rings is 1. The molecule has 8 nitrogen and oxygen atoms in total. The van der Waals surface area contributed by atoms with E-state index >= 15 is 0 Å². The molecule has 0 unspecified atom stereocenters. The minimum Gasteiger partial charge on any atom is -0.406 e. The van der Waals surface area contributed by atoms with Crippen LogP contribution in [0.2, 0.25) is 0 Å². The molecule has 2 aromatic heterocycles. The number of amides is 1. The Balaban J connectivity index is 1.34. The quantitative estimate of drug-likeness (QED) is 0.623. The fraction of sp³-hybridized carbons (Fsp3) is 0.273. The third kappa shape index (κ3) is 5.88. The molecule has 11 heteroatoms. The second kappa shape index (κ2) is 9.31. The van der Waals surface area contributed by atoms with E-state index in [1.807, 2.05) is 36.1 Å². The molecule has 0 atom stereocenters. The van der Waals surface area contributed by atoms with Crippen LogP contribution in [0.3, 0.4) is 0 Å². The molecule has 4 rings (SSSR count). The highest BCUT2D eigenvalue weighted by Gasteiger charge is 2.31. The van der Waals surface area contributed by atoms with E-state index in [2.05, 4.69) is 25.2 Å². The van der Waals surface area contributed by atoms with Crippen molar-refractivity contribution < 1.29 is 22.7 Å². The predicted molar refractivity (Wildman–Crippen MR) is 116 cm³/mol. The molecule has 33 heavy (non-hydrogen) atoms. The summed E-state index contributed by atoms with van der Waals surface area (Å²) < 4.78 is 41.2. The number of alkyl halides is 3. The summed E-state index contributed by atoms with van der Waals surface area (Å²) in [4.78, 5) is 20.7. The summed E-state index contributed by atoms with van der Waals surface area (Å²) in [6.07, 6.45) is -4.81. The van der Waals surface area contributed by atoms with E-state index in [4.69, 9.17) is 0 Å². The van der Waals surface area contributed by atoms with Gasteiger partial charge in [0.2, 0.25) is 0 Å². The lowest BCUT2D eigenvalue weighted by Crippen LogP contribution is -2.49. The smallest absolute Gasteiger partial charge is 0.406 e. The highest BCUT2D eigenvalue weighted by Crippen LogP contribution is 2.24. The first-order chi connectivity index (χ1) is 15.8. The molecule has 3 heterocycles. The fourth-order valence-corrected chi connectivity index (χ4v) is 3.45. The molecule has 0 saturated carbocycles. The topological polar surface area (TPSA) is 83.5 Å². The fourth-order valence-electron chi connectivity index (χ4n) is 3.45. The summed E-state index contributed by atoms with van der Waals surface area (Å²) in [5, 5.41) is 11.5. The van der Waals surface area contributed by atoms with Gasteiger partial charge in [-0.05, 0) is 49.4 Å². The molecule has 0 spiro atoms. The summed E-state index contributed by atoms with van der Waals surface area (Å²) in [5.41, 5.74) is 1.03. The van der Waals surface area contributed by atoms with Gasteiger partial charge in [-0.3, -0.25) is 4.79 Å². The van der Waals surface area contributed by atoms with E-state index in [0.717, 1.165) is 17.8 Å². The van der Waals surface area contributed by atoms with Crippen LogP contribution in [0, 0.1) is 6.92 Å². The van der Waals surface area contributed by atoms with Gasteiger partial charge in [0.1, 0.15) is 11.6 Å². The zero-order valence-electron chi connectivity index (χ0n) is 17.7. The van der Waals surface area contributed by atoms with E-state index in [-0.39, 0.29) is 11.5 Å².